The minimum atomic E-state index is -4.76. The Morgan fingerprint density at radius 1 is 1.03 bits per heavy atom. The molecule has 0 spiro atoms. The van der Waals surface area contributed by atoms with Gasteiger partial charge in [-0.15, -0.1) is 0 Å². The maximum Gasteiger partial charge on any atom is 0.418 e. The predicted octanol–water partition coefficient (Wildman–Crippen LogP) is 3.65. The predicted molar refractivity (Wildman–Crippen MR) is 129 cm³/mol. The summed E-state index contributed by atoms with van der Waals surface area (Å²) in [7, 11) is 0. The zero-order valence-corrected chi connectivity index (χ0v) is 20.9. The van der Waals surface area contributed by atoms with Crippen molar-refractivity contribution in [2.75, 3.05) is 6.61 Å². The molecule has 39 heavy (non-hydrogen) atoms. The minimum absolute atomic E-state index is 0.00797. The number of benzene rings is 2. The van der Waals surface area contributed by atoms with E-state index in [0.717, 1.165) is 22.9 Å². The van der Waals surface area contributed by atoms with E-state index in [0.29, 0.717) is 11.3 Å². The second-order valence-corrected chi connectivity index (χ2v) is 9.46. The number of hydrogen-bond donors (Lipinski definition) is 3. The van der Waals surface area contributed by atoms with Gasteiger partial charge >= 0.3 is 6.18 Å². The van der Waals surface area contributed by atoms with Crippen molar-refractivity contribution >= 4 is 11.6 Å². The molecule has 5 atom stereocenters. The van der Waals surface area contributed by atoms with Crippen molar-refractivity contribution in [2.24, 2.45) is 0 Å². The molecule has 0 radical (unpaired) electrons. The maximum atomic E-state index is 13.9. The van der Waals surface area contributed by atoms with E-state index in [9.17, 15) is 32.9 Å². The van der Waals surface area contributed by atoms with Gasteiger partial charge in [-0.3, -0.25) is 4.68 Å². The number of halogens is 5. The first kappa shape index (κ1) is 27.2. The molecule has 1 aliphatic heterocycles. The Morgan fingerprint density at radius 3 is 2.41 bits per heavy atom. The first-order valence-electron chi connectivity index (χ1n) is 11.7. The smallest absolute Gasteiger partial charge is 0.394 e. The van der Waals surface area contributed by atoms with E-state index in [1.54, 1.807) is 6.07 Å². The number of aryl methyl sites for hydroxylation is 1. The fourth-order valence-corrected chi connectivity index (χ4v) is 4.79. The highest BCUT2D eigenvalue weighted by atomic mass is 35.5. The number of aromatic nitrogens is 5. The van der Waals surface area contributed by atoms with Gasteiger partial charge in [-0.05, 0) is 55.5 Å². The molecule has 9 nitrogen and oxygen atoms in total. The van der Waals surface area contributed by atoms with Gasteiger partial charge in [0.1, 0.15) is 42.1 Å². The molecule has 206 valence electrons. The van der Waals surface area contributed by atoms with Crippen molar-refractivity contribution in [2.45, 2.75) is 43.6 Å². The third-order valence-corrected chi connectivity index (χ3v) is 6.67. The van der Waals surface area contributed by atoms with Crippen LogP contribution in [0.3, 0.4) is 0 Å². The van der Waals surface area contributed by atoms with Gasteiger partial charge in [0.25, 0.3) is 0 Å². The molecule has 5 rings (SSSR count). The molecule has 14 heteroatoms. The van der Waals surface area contributed by atoms with Gasteiger partial charge < -0.3 is 20.1 Å². The van der Waals surface area contributed by atoms with E-state index in [1.165, 1.54) is 42.1 Å². The topological polar surface area (TPSA) is 118 Å². The molecule has 1 fully saturated rings. The lowest BCUT2D eigenvalue weighted by Crippen LogP contribution is -2.53. The van der Waals surface area contributed by atoms with Gasteiger partial charge in [0.05, 0.1) is 23.6 Å². The molecule has 0 bridgehead atoms. The SMILES string of the molecule is Cc1nc([C@@H]2O[C@H](CO)[C@H](O)[C@H](n3ccc(-c4ccc(F)cc4)n3)[C@H]2O)n(-c2cc(Cl)ccc2C(F)(F)F)n1. The lowest BCUT2D eigenvalue weighted by atomic mass is 9.92. The summed E-state index contributed by atoms with van der Waals surface area (Å²) in [5, 5.41) is 40.8. The van der Waals surface area contributed by atoms with Crippen molar-refractivity contribution in [3.05, 3.63) is 82.8 Å². The summed E-state index contributed by atoms with van der Waals surface area (Å²) >= 11 is 6.01. The number of aliphatic hydroxyl groups is 3. The van der Waals surface area contributed by atoms with Crippen molar-refractivity contribution in [1.82, 2.24) is 24.5 Å². The number of aliphatic hydroxyl groups excluding tert-OH is 3. The molecular weight excluding hydrogens is 546 g/mol. The molecule has 0 aliphatic carbocycles. The summed E-state index contributed by atoms with van der Waals surface area (Å²) in [6.45, 7) is 0.774. The second kappa shape index (κ2) is 10.3. The van der Waals surface area contributed by atoms with Crippen LogP contribution in [0, 0.1) is 12.7 Å². The molecule has 1 saturated heterocycles. The zero-order chi connectivity index (χ0) is 28.1. The monoisotopic (exact) mass is 567 g/mol. The Balaban J connectivity index is 1.58. The quantitative estimate of drug-likeness (QED) is 0.315. The van der Waals surface area contributed by atoms with Crippen LogP contribution in [0.4, 0.5) is 17.6 Å². The number of alkyl halides is 3. The second-order valence-electron chi connectivity index (χ2n) is 9.03. The van der Waals surface area contributed by atoms with Crippen LogP contribution in [-0.2, 0) is 10.9 Å². The van der Waals surface area contributed by atoms with Crippen LogP contribution in [0.25, 0.3) is 16.9 Å². The summed E-state index contributed by atoms with van der Waals surface area (Å²) in [4.78, 5) is 4.22. The summed E-state index contributed by atoms with van der Waals surface area (Å²) in [5.41, 5.74) is -0.514. The highest BCUT2D eigenvalue weighted by Crippen LogP contribution is 2.41. The Hall–Kier alpha value is -3.36. The van der Waals surface area contributed by atoms with Crippen molar-refractivity contribution in [3.8, 4) is 16.9 Å². The summed E-state index contributed by atoms with van der Waals surface area (Å²) in [6, 6.07) is 8.86. The molecule has 4 aromatic rings. The van der Waals surface area contributed by atoms with Crippen LogP contribution in [0.2, 0.25) is 5.02 Å². The van der Waals surface area contributed by atoms with Crippen molar-refractivity contribution in [3.63, 3.8) is 0 Å². The number of ether oxygens (including phenoxy) is 1. The van der Waals surface area contributed by atoms with E-state index < -0.39 is 60.3 Å². The standard InChI is InChI=1S/C25H22ClF4N5O4/c1-12-31-24(35(32-12)18-10-14(26)4-7-16(18)25(28,29)30)23-22(38)20(21(37)19(11-36)39-23)34-9-8-17(33-34)13-2-5-15(27)6-3-13/h2-10,19-23,36-38H,11H2,1H3/t19-,20+,21+,22-,23-/m1/s1. The summed E-state index contributed by atoms with van der Waals surface area (Å²) in [5.74, 6) is -0.557. The molecule has 0 unspecified atom stereocenters. The van der Waals surface area contributed by atoms with Crippen LogP contribution < -0.4 is 0 Å². The first-order valence-corrected chi connectivity index (χ1v) is 12.1. The third kappa shape index (κ3) is 5.15. The molecule has 1 aliphatic rings. The molecule has 2 aromatic heterocycles. The van der Waals surface area contributed by atoms with E-state index >= 15 is 0 Å². The lowest BCUT2D eigenvalue weighted by Gasteiger charge is -2.42. The number of rotatable bonds is 5. The molecule has 3 N–H and O–H groups in total. The van der Waals surface area contributed by atoms with Crippen LogP contribution >= 0.6 is 11.6 Å². The van der Waals surface area contributed by atoms with Gasteiger partial charge in [0.15, 0.2) is 5.82 Å². The average molecular weight is 568 g/mol. The van der Waals surface area contributed by atoms with E-state index in [4.69, 9.17) is 16.3 Å². The van der Waals surface area contributed by atoms with E-state index in [1.807, 2.05) is 0 Å². The number of nitrogens with zero attached hydrogens (tertiary/aromatic N) is 5. The third-order valence-electron chi connectivity index (χ3n) is 6.43. The fourth-order valence-electron chi connectivity index (χ4n) is 4.62. The van der Waals surface area contributed by atoms with Crippen LogP contribution in [0.1, 0.15) is 29.4 Å². The molecule has 0 saturated carbocycles. The largest absolute Gasteiger partial charge is 0.418 e. The van der Waals surface area contributed by atoms with Crippen LogP contribution in [0.15, 0.2) is 54.7 Å². The highest BCUT2D eigenvalue weighted by molar-refractivity contribution is 6.30. The fraction of sp³-hybridized carbons (Fsp3) is 0.320. The Morgan fingerprint density at radius 2 is 1.74 bits per heavy atom. The van der Waals surface area contributed by atoms with Gasteiger partial charge in [0.2, 0.25) is 0 Å². The Bertz CT molecular complexity index is 1480. The van der Waals surface area contributed by atoms with E-state index in [2.05, 4.69) is 15.2 Å². The molecular formula is C25H22ClF4N5O4. The molecule has 3 heterocycles. The molecule has 2 aromatic carbocycles. The number of hydrogen-bond acceptors (Lipinski definition) is 7. The van der Waals surface area contributed by atoms with Gasteiger partial charge in [0, 0.05) is 16.8 Å². The van der Waals surface area contributed by atoms with Gasteiger partial charge in [-0.25, -0.2) is 14.1 Å². The summed E-state index contributed by atoms with van der Waals surface area (Å²) < 4.78 is 62.8. The van der Waals surface area contributed by atoms with Crippen LogP contribution in [-0.4, -0.2) is 64.8 Å². The van der Waals surface area contributed by atoms with Crippen molar-refractivity contribution < 1.29 is 37.6 Å². The van der Waals surface area contributed by atoms with Crippen LogP contribution in [0.5, 0.6) is 0 Å². The van der Waals surface area contributed by atoms with Gasteiger partial charge in [-0.1, -0.05) is 11.6 Å². The van der Waals surface area contributed by atoms with E-state index in [-0.39, 0.29) is 16.7 Å². The summed E-state index contributed by atoms with van der Waals surface area (Å²) in [6.07, 6.45) is -9.04. The zero-order valence-electron chi connectivity index (χ0n) is 20.2. The molecule has 0 amide bonds. The maximum absolute atomic E-state index is 13.9. The highest BCUT2D eigenvalue weighted by Gasteiger charge is 2.48. The minimum Gasteiger partial charge on any atom is -0.394 e. The van der Waals surface area contributed by atoms with Gasteiger partial charge in [-0.2, -0.15) is 23.4 Å². The van der Waals surface area contributed by atoms with Crippen molar-refractivity contribution in [1.29, 1.82) is 0 Å². The Labute approximate surface area is 223 Å². The normalized spacial score (nSPS) is 23.8. The Kier molecular flexibility index (Phi) is 7.20. The lowest BCUT2D eigenvalue weighted by molar-refractivity contribution is -0.210. The average Bonchev–Trinajstić information content (AvgIpc) is 3.51. The first-order chi connectivity index (χ1) is 18.5.